The molecule has 334 valence electrons. The first-order chi connectivity index (χ1) is 29.7. The van der Waals surface area contributed by atoms with Gasteiger partial charge in [-0.05, 0) is 116 Å². The van der Waals surface area contributed by atoms with E-state index in [0.717, 1.165) is 122 Å². The monoisotopic (exact) mass is 822 g/mol. The van der Waals surface area contributed by atoms with Gasteiger partial charge in [-0.3, -0.25) is 4.79 Å². The summed E-state index contributed by atoms with van der Waals surface area (Å²) >= 11 is 0. The lowest BCUT2D eigenvalue weighted by atomic mass is 10.1. The van der Waals surface area contributed by atoms with Crippen molar-refractivity contribution in [3.05, 3.63) is 158 Å². The highest BCUT2D eigenvalue weighted by molar-refractivity contribution is 5.76. The highest BCUT2D eigenvalue weighted by atomic mass is 16.3. The molecule has 0 saturated carbocycles. The fourth-order valence-corrected chi connectivity index (χ4v) is 5.89. The van der Waals surface area contributed by atoms with E-state index in [-0.39, 0.29) is 12.5 Å². The second kappa shape index (κ2) is 49.4. The third-order valence-electron chi connectivity index (χ3n) is 9.45. The number of hydrogen-bond acceptors (Lipinski definition) is 3. The quantitative estimate of drug-likeness (QED) is 0.0426. The van der Waals surface area contributed by atoms with Crippen LogP contribution in [0.2, 0.25) is 0 Å². The summed E-state index contributed by atoms with van der Waals surface area (Å²) in [5, 5.41) is 22.9. The summed E-state index contributed by atoms with van der Waals surface area (Å²) in [7, 11) is 0. The lowest BCUT2D eigenvalue weighted by Crippen LogP contribution is -2.45. The molecule has 0 bridgehead atoms. The molecule has 0 radical (unpaired) electrons. The number of allylic oxidation sites excluding steroid dienone is 25. The molecule has 3 N–H and O–H groups in total. The maximum atomic E-state index is 12.4. The molecule has 0 heterocycles. The van der Waals surface area contributed by atoms with Gasteiger partial charge in [-0.2, -0.15) is 0 Å². The minimum atomic E-state index is -0.886. The Bertz CT molecular complexity index is 1350. The van der Waals surface area contributed by atoms with Crippen LogP contribution in [0.25, 0.3) is 0 Å². The normalized spacial score (nSPS) is 14.4. The zero-order valence-corrected chi connectivity index (χ0v) is 38.1. The van der Waals surface area contributed by atoms with Crippen molar-refractivity contribution in [2.24, 2.45) is 0 Å². The Morgan fingerprint density at radius 2 is 0.750 bits per heavy atom. The summed E-state index contributed by atoms with van der Waals surface area (Å²) < 4.78 is 0. The number of rotatable bonds is 40. The van der Waals surface area contributed by atoms with Gasteiger partial charge in [0, 0.05) is 6.42 Å². The number of carbonyl (C=O) groups excluding carboxylic acids is 1. The molecule has 4 heteroatoms. The predicted molar refractivity (Wildman–Crippen MR) is 266 cm³/mol. The van der Waals surface area contributed by atoms with Gasteiger partial charge in [0.25, 0.3) is 0 Å². The minimum absolute atomic E-state index is 0.104. The second-order valence-electron chi connectivity index (χ2n) is 15.1. The van der Waals surface area contributed by atoms with Crippen molar-refractivity contribution in [1.29, 1.82) is 0 Å². The third-order valence-corrected chi connectivity index (χ3v) is 9.45. The predicted octanol–water partition coefficient (Wildman–Crippen LogP) is 15.5. The largest absolute Gasteiger partial charge is 0.394 e. The van der Waals surface area contributed by atoms with E-state index in [1.54, 1.807) is 6.08 Å². The van der Waals surface area contributed by atoms with E-state index in [2.05, 4.69) is 165 Å². The zero-order valence-electron chi connectivity index (χ0n) is 38.1. The maximum absolute atomic E-state index is 12.4. The molecule has 60 heavy (non-hydrogen) atoms. The average molecular weight is 822 g/mol. The van der Waals surface area contributed by atoms with Crippen molar-refractivity contribution in [2.45, 2.75) is 180 Å². The smallest absolute Gasteiger partial charge is 0.220 e. The standard InChI is InChI=1S/C56H87NO3/c1-3-5-7-9-11-13-15-16-17-18-19-20-21-22-23-24-25-26-27-28-29-30-31-32-33-34-35-36-37-38-39-40-42-44-46-48-50-52-56(60)57-54(53-58)55(59)51-49-47-45-43-41-14-12-10-8-6-4-2/h5,7-8,10-11,13,16-17,19-20,22-23,25-26,28-29,31-32,34-35,37-38,41,43,49,51,54-55,58-59H,3-4,6,9,12,14-15,18,21,24,27,30,33,36,39-40,42,44-48,50,52-53H2,1-2H3,(H,57,60)/b7-5-,10-8+,13-11-,17-16-,20-19-,23-22-,26-25-,29-28-,32-31-,35-34-,38-37-,43-41+,51-49+. The Hall–Kier alpha value is -3.99. The van der Waals surface area contributed by atoms with Gasteiger partial charge in [-0.1, -0.05) is 204 Å². The Labute approximate surface area is 369 Å². The zero-order chi connectivity index (χ0) is 43.5. The van der Waals surface area contributed by atoms with Crippen LogP contribution in [0.1, 0.15) is 168 Å². The average Bonchev–Trinajstić information content (AvgIpc) is 3.25. The van der Waals surface area contributed by atoms with Gasteiger partial charge >= 0.3 is 0 Å². The first-order valence-electron chi connectivity index (χ1n) is 23.7. The molecule has 0 fully saturated rings. The lowest BCUT2D eigenvalue weighted by molar-refractivity contribution is -0.123. The van der Waals surface area contributed by atoms with E-state index in [9.17, 15) is 15.0 Å². The summed E-state index contributed by atoms with van der Waals surface area (Å²) in [4.78, 5) is 12.4. The summed E-state index contributed by atoms with van der Waals surface area (Å²) in [5.74, 6) is -0.104. The first-order valence-corrected chi connectivity index (χ1v) is 23.7. The van der Waals surface area contributed by atoms with Crippen LogP contribution in [0.15, 0.2) is 158 Å². The fourth-order valence-electron chi connectivity index (χ4n) is 5.89. The van der Waals surface area contributed by atoms with Crippen LogP contribution in [0, 0.1) is 0 Å². The van der Waals surface area contributed by atoms with E-state index in [1.807, 2.05) is 6.08 Å². The Balaban J connectivity index is 3.72. The van der Waals surface area contributed by atoms with E-state index in [0.29, 0.717) is 6.42 Å². The van der Waals surface area contributed by atoms with Crippen LogP contribution in [0.4, 0.5) is 0 Å². The summed E-state index contributed by atoms with van der Waals surface area (Å²) in [6.07, 6.45) is 80.8. The number of nitrogens with one attached hydrogen (secondary N) is 1. The van der Waals surface area contributed by atoms with Crippen molar-refractivity contribution in [3.63, 3.8) is 0 Å². The van der Waals surface area contributed by atoms with E-state index in [1.165, 1.54) is 25.7 Å². The number of unbranched alkanes of at least 4 members (excludes halogenated alkanes) is 9. The third kappa shape index (κ3) is 45.1. The van der Waals surface area contributed by atoms with Gasteiger partial charge in [-0.15, -0.1) is 0 Å². The highest BCUT2D eigenvalue weighted by Gasteiger charge is 2.17. The molecule has 0 aliphatic rings. The van der Waals surface area contributed by atoms with Crippen molar-refractivity contribution in [3.8, 4) is 0 Å². The van der Waals surface area contributed by atoms with Gasteiger partial charge in [0.2, 0.25) is 5.91 Å². The highest BCUT2D eigenvalue weighted by Crippen LogP contribution is 2.10. The van der Waals surface area contributed by atoms with Gasteiger partial charge < -0.3 is 15.5 Å². The number of aliphatic hydroxyl groups is 2. The first kappa shape index (κ1) is 56.0. The number of carbonyl (C=O) groups is 1. The molecular weight excluding hydrogens is 735 g/mol. The molecule has 0 aromatic carbocycles. The summed E-state index contributed by atoms with van der Waals surface area (Å²) in [6.45, 7) is 4.07. The molecule has 0 aliphatic carbocycles. The minimum Gasteiger partial charge on any atom is -0.394 e. The van der Waals surface area contributed by atoms with Crippen molar-refractivity contribution >= 4 is 5.91 Å². The molecule has 0 aliphatic heterocycles. The molecule has 0 spiro atoms. The van der Waals surface area contributed by atoms with Crippen LogP contribution >= 0.6 is 0 Å². The Kier molecular flexibility index (Phi) is 46.1. The van der Waals surface area contributed by atoms with Crippen LogP contribution in [0.3, 0.4) is 0 Å². The molecule has 4 nitrogen and oxygen atoms in total. The van der Waals surface area contributed by atoms with Crippen molar-refractivity contribution in [2.75, 3.05) is 6.61 Å². The molecular formula is C56H87NO3. The van der Waals surface area contributed by atoms with Crippen molar-refractivity contribution < 1.29 is 15.0 Å². The SMILES string of the molecule is CC/C=C\C/C=C\C/C=C\C/C=C\C/C=C\C/C=C\C/C=C\C/C=C\C/C=C\C/C=C\CCCCCCCCC(=O)NC(CO)C(O)/C=C/CC/C=C/CC/C=C/CCC. The molecule has 0 aromatic heterocycles. The number of amides is 1. The molecule has 1 amide bonds. The summed E-state index contributed by atoms with van der Waals surface area (Å²) in [5.41, 5.74) is 0. The molecule has 0 rings (SSSR count). The van der Waals surface area contributed by atoms with Gasteiger partial charge in [-0.25, -0.2) is 0 Å². The van der Waals surface area contributed by atoms with E-state index >= 15 is 0 Å². The van der Waals surface area contributed by atoms with Crippen molar-refractivity contribution in [1.82, 2.24) is 5.32 Å². The van der Waals surface area contributed by atoms with Crippen LogP contribution in [-0.4, -0.2) is 34.9 Å². The molecule has 0 aromatic rings. The van der Waals surface area contributed by atoms with Gasteiger partial charge in [0.15, 0.2) is 0 Å². The topological polar surface area (TPSA) is 69.6 Å². The lowest BCUT2D eigenvalue weighted by Gasteiger charge is -2.19. The van der Waals surface area contributed by atoms with Crippen LogP contribution < -0.4 is 5.32 Å². The number of hydrogen-bond donors (Lipinski definition) is 3. The van der Waals surface area contributed by atoms with Gasteiger partial charge in [0.1, 0.15) is 0 Å². The fraction of sp³-hybridized carbons (Fsp3) is 0.518. The second-order valence-corrected chi connectivity index (χ2v) is 15.1. The van der Waals surface area contributed by atoms with E-state index < -0.39 is 12.1 Å². The van der Waals surface area contributed by atoms with Crippen LogP contribution in [-0.2, 0) is 4.79 Å². The van der Waals surface area contributed by atoms with Gasteiger partial charge in [0.05, 0.1) is 18.8 Å². The Morgan fingerprint density at radius 1 is 0.417 bits per heavy atom. The Morgan fingerprint density at radius 3 is 1.15 bits per heavy atom. The van der Waals surface area contributed by atoms with Crippen LogP contribution in [0.5, 0.6) is 0 Å². The number of aliphatic hydroxyl groups excluding tert-OH is 2. The summed E-state index contributed by atoms with van der Waals surface area (Å²) in [6, 6.07) is -0.664. The molecule has 2 unspecified atom stereocenters. The molecule has 0 saturated heterocycles. The maximum Gasteiger partial charge on any atom is 0.220 e. The molecule has 2 atom stereocenters. The van der Waals surface area contributed by atoms with E-state index in [4.69, 9.17) is 0 Å².